The van der Waals surface area contributed by atoms with Crippen LogP contribution in [-0.2, 0) is 0 Å². The lowest BCUT2D eigenvalue weighted by molar-refractivity contribution is 0.102. The molecule has 0 bridgehead atoms. The van der Waals surface area contributed by atoms with Crippen molar-refractivity contribution in [2.45, 2.75) is 13.8 Å². The third kappa shape index (κ3) is 3.79. The van der Waals surface area contributed by atoms with E-state index in [-0.39, 0.29) is 16.8 Å². The first-order valence-electron chi connectivity index (χ1n) is 6.61. The van der Waals surface area contributed by atoms with Crippen molar-refractivity contribution in [1.29, 1.82) is 0 Å². The van der Waals surface area contributed by atoms with E-state index in [1.54, 1.807) is 0 Å². The molecule has 4 N–H and O–H groups in total. The number of nitrogens with one attached hydrogen (secondary N) is 2. The average Bonchev–Trinajstić information content (AvgIpc) is 2.42. The summed E-state index contributed by atoms with van der Waals surface area (Å²) in [5.74, 6) is -0.668. The largest absolute Gasteiger partial charge is 0.376 e. The highest BCUT2D eigenvalue weighted by atomic mass is 32.1. The van der Waals surface area contributed by atoms with Gasteiger partial charge in [-0.05, 0) is 73.6 Å². The summed E-state index contributed by atoms with van der Waals surface area (Å²) in [6.45, 7) is 3.75. The van der Waals surface area contributed by atoms with Crippen LogP contribution in [0, 0.1) is 19.7 Å². The van der Waals surface area contributed by atoms with E-state index in [1.807, 2.05) is 26.0 Å². The molecule has 0 saturated carbocycles. The summed E-state index contributed by atoms with van der Waals surface area (Å²) in [7, 11) is 0. The van der Waals surface area contributed by atoms with Crippen molar-refractivity contribution >= 4 is 34.6 Å². The summed E-state index contributed by atoms with van der Waals surface area (Å²) in [6.07, 6.45) is 0. The quantitative estimate of drug-likeness (QED) is 0.760. The Kier molecular flexibility index (Phi) is 4.72. The molecule has 6 heteroatoms. The number of anilines is 2. The van der Waals surface area contributed by atoms with Gasteiger partial charge in [0.25, 0.3) is 5.91 Å². The third-order valence-corrected chi connectivity index (χ3v) is 3.25. The second-order valence-electron chi connectivity index (χ2n) is 4.94. The van der Waals surface area contributed by atoms with Crippen LogP contribution in [0.5, 0.6) is 0 Å². The molecule has 0 aromatic heterocycles. The molecule has 0 aliphatic carbocycles. The van der Waals surface area contributed by atoms with E-state index in [9.17, 15) is 9.18 Å². The van der Waals surface area contributed by atoms with Gasteiger partial charge >= 0.3 is 0 Å². The van der Waals surface area contributed by atoms with E-state index < -0.39 is 0 Å². The first-order chi connectivity index (χ1) is 10.4. The zero-order chi connectivity index (χ0) is 16.3. The number of benzene rings is 2. The fourth-order valence-electron chi connectivity index (χ4n) is 2.16. The average molecular weight is 317 g/mol. The molecule has 2 aromatic carbocycles. The number of thiocarbonyl (C=S) groups is 1. The van der Waals surface area contributed by atoms with Crippen molar-refractivity contribution in [3.8, 4) is 0 Å². The Balaban J connectivity index is 2.24. The molecule has 0 unspecified atom stereocenters. The summed E-state index contributed by atoms with van der Waals surface area (Å²) in [5, 5.41) is 5.88. The van der Waals surface area contributed by atoms with Gasteiger partial charge in [0.15, 0.2) is 5.11 Å². The third-order valence-electron chi connectivity index (χ3n) is 3.15. The van der Waals surface area contributed by atoms with E-state index >= 15 is 0 Å². The molecule has 0 aliphatic rings. The van der Waals surface area contributed by atoms with Crippen LogP contribution in [0.3, 0.4) is 0 Å². The molecule has 0 fully saturated rings. The highest BCUT2D eigenvalue weighted by Crippen LogP contribution is 2.25. The lowest BCUT2D eigenvalue weighted by Crippen LogP contribution is -2.19. The van der Waals surface area contributed by atoms with Gasteiger partial charge in [-0.3, -0.25) is 4.79 Å². The Labute approximate surface area is 133 Å². The Morgan fingerprint density at radius 3 is 2.14 bits per heavy atom. The molecule has 2 aromatic rings. The predicted octanol–water partition coefficient (Wildman–Crippen LogP) is 3.35. The van der Waals surface area contributed by atoms with Crippen LogP contribution >= 0.6 is 12.2 Å². The van der Waals surface area contributed by atoms with Gasteiger partial charge < -0.3 is 16.4 Å². The number of rotatable bonds is 3. The molecule has 0 radical (unpaired) electrons. The van der Waals surface area contributed by atoms with Gasteiger partial charge in [0.2, 0.25) is 0 Å². The maximum Gasteiger partial charge on any atom is 0.255 e. The number of aryl methyl sites for hydroxylation is 2. The van der Waals surface area contributed by atoms with Crippen LogP contribution < -0.4 is 16.4 Å². The van der Waals surface area contributed by atoms with E-state index in [0.29, 0.717) is 11.3 Å². The van der Waals surface area contributed by atoms with Gasteiger partial charge in [-0.15, -0.1) is 0 Å². The van der Waals surface area contributed by atoms with Gasteiger partial charge in [0.05, 0.1) is 0 Å². The molecular weight excluding hydrogens is 301 g/mol. The van der Waals surface area contributed by atoms with E-state index in [2.05, 4.69) is 10.6 Å². The molecule has 114 valence electrons. The zero-order valence-electron chi connectivity index (χ0n) is 12.2. The fourth-order valence-corrected chi connectivity index (χ4v) is 2.28. The smallest absolute Gasteiger partial charge is 0.255 e. The summed E-state index contributed by atoms with van der Waals surface area (Å²) in [5.41, 5.74) is 9.06. The van der Waals surface area contributed by atoms with Crippen LogP contribution in [0.15, 0.2) is 36.4 Å². The molecule has 22 heavy (non-hydrogen) atoms. The summed E-state index contributed by atoms with van der Waals surface area (Å²) >= 11 is 4.81. The van der Waals surface area contributed by atoms with E-state index in [4.69, 9.17) is 18.0 Å². The lowest BCUT2D eigenvalue weighted by Gasteiger charge is -2.14. The predicted molar refractivity (Wildman–Crippen MR) is 90.7 cm³/mol. The van der Waals surface area contributed by atoms with Crippen molar-refractivity contribution in [3.63, 3.8) is 0 Å². The van der Waals surface area contributed by atoms with Crippen LogP contribution in [0.2, 0.25) is 0 Å². The van der Waals surface area contributed by atoms with Crippen molar-refractivity contribution in [2.75, 3.05) is 10.6 Å². The van der Waals surface area contributed by atoms with Crippen molar-refractivity contribution in [2.24, 2.45) is 5.73 Å². The summed E-state index contributed by atoms with van der Waals surface area (Å²) < 4.78 is 12.9. The van der Waals surface area contributed by atoms with Gasteiger partial charge in [0.1, 0.15) is 5.82 Å². The number of nitrogens with two attached hydrogens (primary N) is 1. The molecular formula is C16H16FN3OS. The zero-order valence-corrected chi connectivity index (χ0v) is 13.1. The first-order valence-corrected chi connectivity index (χ1v) is 7.02. The minimum Gasteiger partial charge on any atom is -0.376 e. The minimum atomic E-state index is -0.378. The van der Waals surface area contributed by atoms with Crippen molar-refractivity contribution < 1.29 is 9.18 Å². The normalized spacial score (nSPS) is 10.1. The molecule has 0 heterocycles. The highest BCUT2D eigenvalue weighted by molar-refractivity contribution is 7.80. The molecule has 0 atom stereocenters. The second kappa shape index (κ2) is 6.53. The van der Waals surface area contributed by atoms with Crippen LogP contribution in [0.25, 0.3) is 0 Å². The Bertz CT molecular complexity index is 706. The van der Waals surface area contributed by atoms with Crippen molar-refractivity contribution in [1.82, 2.24) is 0 Å². The van der Waals surface area contributed by atoms with E-state index in [1.165, 1.54) is 24.3 Å². The number of halogens is 1. The van der Waals surface area contributed by atoms with Gasteiger partial charge in [-0.2, -0.15) is 0 Å². The standard InChI is InChI=1S/C16H16FN3OS/c1-9-7-13(19-16(18)22)8-10(2)14(9)20-15(21)11-3-5-12(17)6-4-11/h3-8H,1-2H3,(H,20,21)(H3,18,19,22). The lowest BCUT2D eigenvalue weighted by atomic mass is 10.1. The summed E-state index contributed by atoms with van der Waals surface area (Å²) in [4.78, 5) is 12.2. The van der Waals surface area contributed by atoms with Gasteiger partial charge in [-0.25, -0.2) is 4.39 Å². The van der Waals surface area contributed by atoms with Crippen LogP contribution in [0.4, 0.5) is 15.8 Å². The molecule has 0 spiro atoms. The molecule has 0 saturated heterocycles. The number of hydrogen-bond acceptors (Lipinski definition) is 2. The molecule has 2 rings (SSSR count). The maximum atomic E-state index is 12.9. The number of carbonyl (C=O) groups excluding carboxylic acids is 1. The Hall–Kier alpha value is -2.47. The minimum absolute atomic E-state index is 0.182. The first kappa shape index (κ1) is 15.9. The van der Waals surface area contributed by atoms with Gasteiger partial charge in [-0.1, -0.05) is 0 Å². The topological polar surface area (TPSA) is 67.2 Å². The highest BCUT2D eigenvalue weighted by Gasteiger charge is 2.11. The number of hydrogen-bond donors (Lipinski definition) is 3. The fraction of sp³-hybridized carbons (Fsp3) is 0.125. The Morgan fingerprint density at radius 2 is 1.64 bits per heavy atom. The van der Waals surface area contributed by atoms with Crippen LogP contribution in [0.1, 0.15) is 21.5 Å². The number of carbonyl (C=O) groups is 1. The summed E-state index contributed by atoms with van der Waals surface area (Å²) in [6, 6.07) is 9.07. The van der Waals surface area contributed by atoms with Gasteiger partial charge in [0, 0.05) is 16.9 Å². The molecule has 0 aliphatic heterocycles. The molecule has 4 nitrogen and oxygen atoms in total. The van der Waals surface area contributed by atoms with Crippen molar-refractivity contribution in [3.05, 3.63) is 58.9 Å². The molecule has 1 amide bonds. The monoisotopic (exact) mass is 317 g/mol. The maximum absolute atomic E-state index is 12.9. The van der Waals surface area contributed by atoms with E-state index in [0.717, 1.165) is 16.8 Å². The van der Waals surface area contributed by atoms with Crippen LogP contribution in [-0.4, -0.2) is 11.0 Å². The SMILES string of the molecule is Cc1cc(NC(N)=S)cc(C)c1NC(=O)c1ccc(F)cc1. The Morgan fingerprint density at radius 1 is 1.09 bits per heavy atom. The second-order valence-corrected chi connectivity index (χ2v) is 5.38. The number of amides is 1.